The zero-order valence-electron chi connectivity index (χ0n) is 12.0. The molecule has 0 spiro atoms. The molecule has 3 rings (SSSR count). The number of hydrogen-bond acceptors (Lipinski definition) is 5. The Hall–Kier alpha value is -2.34. The average Bonchev–Trinajstić information content (AvgIpc) is 2.52. The first-order chi connectivity index (χ1) is 10.5. The van der Waals surface area contributed by atoms with Crippen molar-refractivity contribution in [3.63, 3.8) is 0 Å². The third-order valence-electron chi connectivity index (χ3n) is 3.52. The van der Waals surface area contributed by atoms with Crippen LogP contribution < -0.4 is 10.6 Å². The molecule has 2 aromatic rings. The fourth-order valence-corrected chi connectivity index (χ4v) is 2.38. The molecule has 1 aliphatic heterocycles. The van der Waals surface area contributed by atoms with Gasteiger partial charge >= 0.3 is 0 Å². The molecule has 1 aromatic carbocycles. The molecular weight excluding hydrogens is 305 g/mol. The van der Waals surface area contributed by atoms with Crippen LogP contribution in [0.5, 0.6) is 0 Å². The number of aromatic nitrogens is 1. The number of likely N-dealkylation sites (N-methyl/N-ethyl adjacent to an activating group) is 1. The van der Waals surface area contributed by atoms with Gasteiger partial charge in [-0.3, -0.25) is 5.01 Å². The van der Waals surface area contributed by atoms with Crippen molar-refractivity contribution in [1.82, 2.24) is 9.99 Å². The monoisotopic (exact) mass is 319 g/mol. The standard InChI is InChI=1S/C15H15ClFN5/c1-21-6-7-22(9-19-21)11-4-2-10(3-5-11)12-8-13(16)15(18)20-14(12)17/h2-5,8-9H,6-7H2,1H3,(H2,18,20). The predicted molar refractivity (Wildman–Crippen MR) is 87.5 cm³/mol. The van der Waals surface area contributed by atoms with E-state index >= 15 is 0 Å². The second kappa shape index (κ2) is 5.81. The molecule has 7 heteroatoms. The van der Waals surface area contributed by atoms with Crippen molar-refractivity contribution in [3.05, 3.63) is 41.3 Å². The first-order valence-electron chi connectivity index (χ1n) is 6.78. The first-order valence-corrected chi connectivity index (χ1v) is 7.16. The van der Waals surface area contributed by atoms with E-state index in [2.05, 4.69) is 10.1 Å². The number of pyridine rings is 1. The van der Waals surface area contributed by atoms with Crippen LogP contribution in [0.3, 0.4) is 0 Å². The maximum atomic E-state index is 13.9. The van der Waals surface area contributed by atoms with Crippen molar-refractivity contribution < 1.29 is 4.39 Å². The highest BCUT2D eigenvalue weighted by Gasteiger charge is 2.13. The van der Waals surface area contributed by atoms with Crippen molar-refractivity contribution in [3.8, 4) is 11.1 Å². The Morgan fingerprint density at radius 2 is 1.95 bits per heavy atom. The van der Waals surface area contributed by atoms with Crippen molar-refractivity contribution in [1.29, 1.82) is 0 Å². The zero-order valence-corrected chi connectivity index (χ0v) is 12.8. The van der Waals surface area contributed by atoms with Gasteiger partial charge in [-0.05, 0) is 23.8 Å². The van der Waals surface area contributed by atoms with Crippen molar-refractivity contribution in [2.75, 3.05) is 30.8 Å². The van der Waals surface area contributed by atoms with E-state index in [9.17, 15) is 4.39 Å². The Labute approximate surface area is 132 Å². The van der Waals surface area contributed by atoms with Crippen molar-refractivity contribution in [2.24, 2.45) is 5.10 Å². The molecule has 2 N–H and O–H groups in total. The summed E-state index contributed by atoms with van der Waals surface area (Å²) in [5, 5.41) is 6.36. The van der Waals surface area contributed by atoms with Crippen LogP contribution in [-0.4, -0.2) is 36.5 Å². The Morgan fingerprint density at radius 3 is 2.59 bits per heavy atom. The molecule has 0 aliphatic carbocycles. The number of nitrogens with zero attached hydrogens (tertiary/aromatic N) is 4. The van der Waals surface area contributed by atoms with Crippen LogP contribution in [0, 0.1) is 5.95 Å². The van der Waals surface area contributed by atoms with E-state index in [1.807, 2.05) is 41.2 Å². The molecule has 1 aliphatic rings. The molecular formula is C15H15ClFN5. The van der Waals surface area contributed by atoms with Gasteiger partial charge in [-0.25, -0.2) is 4.98 Å². The van der Waals surface area contributed by atoms with E-state index in [-0.39, 0.29) is 10.8 Å². The topological polar surface area (TPSA) is 57.8 Å². The highest BCUT2D eigenvalue weighted by molar-refractivity contribution is 6.33. The highest BCUT2D eigenvalue weighted by Crippen LogP contribution is 2.29. The van der Waals surface area contributed by atoms with Gasteiger partial charge in [-0.1, -0.05) is 23.7 Å². The number of hydrazone groups is 1. The van der Waals surface area contributed by atoms with Gasteiger partial charge < -0.3 is 10.6 Å². The molecule has 2 heterocycles. The quantitative estimate of drug-likeness (QED) is 0.865. The molecule has 0 bridgehead atoms. The van der Waals surface area contributed by atoms with Gasteiger partial charge in [-0.2, -0.15) is 9.49 Å². The molecule has 5 nitrogen and oxygen atoms in total. The normalized spacial score (nSPS) is 14.5. The maximum absolute atomic E-state index is 13.9. The van der Waals surface area contributed by atoms with Gasteiger partial charge in [0, 0.05) is 24.8 Å². The summed E-state index contributed by atoms with van der Waals surface area (Å²) in [5.74, 6) is -0.635. The van der Waals surface area contributed by atoms with Gasteiger partial charge in [0.2, 0.25) is 5.95 Å². The number of rotatable bonds is 2. The summed E-state index contributed by atoms with van der Waals surface area (Å²) in [6, 6.07) is 8.97. The predicted octanol–water partition coefficient (Wildman–Crippen LogP) is 2.82. The van der Waals surface area contributed by atoms with E-state index in [4.69, 9.17) is 17.3 Å². The van der Waals surface area contributed by atoms with E-state index in [0.29, 0.717) is 11.1 Å². The Morgan fingerprint density at radius 1 is 1.23 bits per heavy atom. The fourth-order valence-electron chi connectivity index (χ4n) is 2.23. The second-order valence-corrected chi connectivity index (χ2v) is 5.45. The molecule has 0 radical (unpaired) electrons. The minimum Gasteiger partial charge on any atom is -0.382 e. The molecule has 0 saturated carbocycles. The lowest BCUT2D eigenvalue weighted by atomic mass is 10.1. The van der Waals surface area contributed by atoms with Crippen molar-refractivity contribution >= 4 is 29.4 Å². The maximum Gasteiger partial charge on any atom is 0.222 e. The van der Waals surface area contributed by atoms with Crippen molar-refractivity contribution in [2.45, 2.75) is 0 Å². The Kier molecular flexibility index (Phi) is 3.85. The highest BCUT2D eigenvalue weighted by atomic mass is 35.5. The number of halogens is 2. The van der Waals surface area contributed by atoms with Crippen LogP contribution in [0.25, 0.3) is 11.1 Å². The lowest BCUT2D eigenvalue weighted by Gasteiger charge is -2.27. The minimum atomic E-state index is -0.629. The smallest absolute Gasteiger partial charge is 0.222 e. The van der Waals surface area contributed by atoms with Gasteiger partial charge in [0.25, 0.3) is 0 Å². The molecule has 114 valence electrons. The first kappa shape index (κ1) is 14.6. The SMILES string of the molecule is CN1CCN(c2ccc(-c3cc(Cl)c(N)nc3F)cc2)C=N1. The van der Waals surface area contributed by atoms with E-state index in [1.54, 1.807) is 6.34 Å². The van der Waals surface area contributed by atoms with E-state index in [0.717, 1.165) is 18.8 Å². The summed E-state index contributed by atoms with van der Waals surface area (Å²) in [5.41, 5.74) is 7.52. The van der Waals surface area contributed by atoms with Crippen LogP contribution in [-0.2, 0) is 0 Å². The van der Waals surface area contributed by atoms with Gasteiger partial charge in [0.1, 0.15) is 12.2 Å². The minimum absolute atomic E-state index is 0.00631. The largest absolute Gasteiger partial charge is 0.382 e. The average molecular weight is 320 g/mol. The Bertz CT molecular complexity index is 717. The number of benzene rings is 1. The van der Waals surface area contributed by atoms with Gasteiger partial charge in [-0.15, -0.1) is 0 Å². The van der Waals surface area contributed by atoms with E-state index < -0.39 is 5.95 Å². The molecule has 22 heavy (non-hydrogen) atoms. The van der Waals surface area contributed by atoms with Crippen LogP contribution in [0.1, 0.15) is 0 Å². The summed E-state index contributed by atoms with van der Waals surface area (Å²) in [6.45, 7) is 1.70. The fraction of sp³-hybridized carbons (Fsp3) is 0.200. The van der Waals surface area contributed by atoms with Gasteiger partial charge in [0.05, 0.1) is 11.6 Å². The number of anilines is 2. The molecule has 0 atom stereocenters. The lowest BCUT2D eigenvalue weighted by Crippen LogP contribution is -2.35. The number of hydrogen-bond donors (Lipinski definition) is 1. The molecule has 0 fully saturated rings. The summed E-state index contributed by atoms with van der Waals surface area (Å²) in [7, 11) is 1.93. The zero-order chi connectivity index (χ0) is 15.7. The third-order valence-corrected chi connectivity index (χ3v) is 3.82. The summed E-state index contributed by atoms with van der Waals surface area (Å²) in [6.07, 6.45) is 1.78. The number of nitrogen functional groups attached to an aromatic ring is 1. The second-order valence-electron chi connectivity index (χ2n) is 5.05. The lowest BCUT2D eigenvalue weighted by molar-refractivity contribution is 0.353. The summed E-state index contributed by atoms with van der Waals surface area (Å²) < 4.78 is 13.9. The van der Waals surface area contributed by atoms with E-state index in [1.165, 1.54) is 6.07 Å². The van der Waals surface area contributed by atoms with Crippen LogP contribution in [0.4, 0.5) is 15.9 Å². The molecule has 0 saturated heterocycles. The summed E-state index contributed by atoms with van der Waals surface area (Å²) in [4.78, 5) is 5.65. The summed E-state index contributed by atoms with van der Waals surface area (Å²) >= 11 is 5.92. The molecule has 1 aromatic heterocycles. The van der Waals surface area contributed by atoms with Gasteiger partial charge in [0.15, 0.2) is 0 Å². The molecule has 0 amide bonds. The Balaban J connectivity index is 1.89. The van der Waals surface area contributed by atoms with Crippen LogP contribution in [0.15, 0.2) is 35.4 Å². The molecule has 0 unspecified atom stereocenters. The third kappa shape index (κ3) is 2.82. The number of nitrogens with two attached hydrogens (primary N) is 1. The van der Waals surface area contributed by atoms with Crippen LogP contribution in [0.2, 0.25) is 5.02 Å². The van der Waals surface area contributed by atoms with Crippen LogP contribution >= 0.6 is 11.6 Å².